The lowest BCUT2D eigenvalue weighted by Crippen LogP contribution is -2.44. The van der Waals surface area contributed by atoms with Crippen LogP contribution in [0.25, 0.3) is 11.1 Å². The Bertz CT molecular complexity index is 1580. The van der Waals surface area contributed by atoms with E-state index in [1.807, 2.05) is 91.9 Å². The molecule has 232 valence electrons. The number of amides is 2. The predicted molar refractivity (Wildman–Crippen MR) is 175 cm³/mol. The van der Waals surface area contributed by atoms with Gasteiger partial charge in [0.25, 0.3) is 0 Å². The number of thioether (sulfide) groups is 1. The van der Waals surface area contributed by atoms with Crippen LogP contribution in [-0.2, 0) is 32.3 Å². The predicted octanol–water partition coefficient (Wildman–Crippen LogP) is 6.35. The summed E-state index contributed by atoms with van der Waals surface area (Å²) >= 11 is 1.29. The van der Waals surface area contributed by atoms with Crippen molar-refractivity contribution < 1.29 is 28.6 Å². The molecule has 0 aromatic heterocycles. The molecule has 1 aliphatic rings. The molecule has 0 bridgehead atoms. The monoisotopic (exact) mass is 624 g/mol. The number of esters is 1. The van der Waals surface area contributed by atoms with Crippen molar-refractivity contribution in [2.24, 2.45) is 0 Å². The fourth-order valence-electron chi connectivity index (χ4n) is 5.07. The number of carbonyl (C=O) groups excluding carboxylic acids is 3. The molecule has 8 nitrogen and oxygen atoms in total. The van der Waals surface area contributed by atoms with E-state index < -0.39 is 18.1 Å². The van der Waals surface area contributed by atoms with Crippen molar-refractivity contribution in [3.63, 3.8) is 0 Å². The van der Waals surface area contributed by atoms with Crippen LogP contribution in [0.4, 0.5) is 4.79 Å². The van der Waals surface area contributed by atoms with Crippen LogP contribution in [-0.4, -0.2) is 42.2 Å². The minimum absolute atomic E-state index is 0.0241. The fraction of sp³-hybridized carbons (Fsp3) is 0.250. The third-order valence-corrected chi connectivity index (χ3v) is 8.38. The molecule has 45 heavy (non-hydrogen) atoms. The Morgan fingerprint density at radius 3 is 2.02 bits per heavy atom. The molecular weight excluding hydrogens is 588 g/mol. The Hall–Kier alpha value is -4.76. The van der Waals surface area contributed by atoms with Gasteiger partial charge in [-0.15, -0.1) is 11.8 Å². The van der Waals surface area contributed by atoms with E-state index in [0.29, 0.717) is 12.4 Å². The smallest absolute Gasteiger partial charge is 0.407 e. The van der Waals surface area contributed by atoms with E-state index in [2.05, 4.69) is 22.8 Å². The lowest BCUT2D eigenvalue weighted by molar-refractivity contribution is -0.146. The molecule has 0 saturated carbocycles. The summed E-state index contributed by atoms with van der Waals surface area (Å²) in [5.41, 5.74) is 7.49. The Morgan fingerprint density at radius 1 is 0.778 bits per heavy atom. The molecule has 0 unspecified atom stereocenters. The minimum atomic E-state index is -0.975. The van der Waals surface area contributed by atoms with E-state index in [1.165, 1.54) is 24.2 Å². The minimum Gasteiger partial charge on any atom is -0.489 e. The number of fused-ring (bicyclic) bond motifs is 3. The van der Waals surface area contributed by atoms with Crippen molar-refractivity contribution in [1.82, 2.24) is 10.6 Å². The maximum atomic E-state index is 13.1. The summed E-state index contributed by atoms with van der Waals surface area (Å²) < 4.78 is 17.1. The highest BCUT2D eigenvalue weighted by molar-refractivity contribution is 7.99. The van der Waals surface area contributed by atoms with Gasteiger partial charge in [-0.1, -0.05) is 90.5 Å². The van der Waals surface area contributed by atoms with Crippen LogP contribution in [0.1, 0.15) is 40.7 Å². The third-order valence-electron chi connectivity index (χ3n) is 7.46. The van der Waals surface area contributed by atoms with E-state index >= 15 is 0 Å². The first kappa shape index (κ1) is 31.7. The lowest BCUT2D eigenvalue weighted by atomic mass is 9.98. The van der Waals surface area contributed by atoms with Crippen molar-refractivity contribution in [2.75, 3.05) is 18.2 Å². The molecule has 0 saturated heterocycles. The van der Waals surface area contributed by atoms with E-state index in [-0.39, 0.29) is 36.7 Å². The average Bonchev–Trinajstić information content (AvgIpc) is 3.37. The number of alkyl carbamates (subject to hydrolysis) is 1. The number of hydrogen-bond donors (Lipinski definition) is 2. The van der Waals surface area contributed by atoms with Crippen LogP contribution in [0.5, 0.6) is 5.75 Å². The number of carbonyl (C=O) groups is 3. The molecule has 0 fully saturated rings. The molecule has 0 radical (unpaired) electrons. The molecule has 0 heterocycles. The fourth-order valence-corrected chi connectivity index (χ4v) is 5.95. The van der Waals surface area contributed by atoms with Crippen molar-refractivity contribution >= 4 is 29.7 Å². The molecule has 4 aromatic carbocycles. The summed E-state index contributed by atoms with van der Waals surface area (Å²) in [5.74, 6) is 0.294. The van der Waals surface area contributed by atoms with Crippen LogP contribution >= 0.6 is 11.8 Å². The Labute approximate surface area is 267 Å². The lowest BCUT2D eigenvalue weighted by Gasteiger charge is -2.19. The van der Waals surface area contributed by atoms with Gasteiger partial charge in [0.1, 0.15) is 31.6 Å². The van der Waals surface area contributed by atoms with Gasteiger partial charge in [0.15, 0.2) is 0 Å². The van der Waals surface area contributed by atoms with Gasteiger partial charge in [0.05, 0.1) is 5.88 Å². The molecule has 2 N–H and O–H groups in total. The summed E-state index contributed by atoms with van der Waals surface area (Å²) in [5, 5.41) is 5.35. The number of aryl methyl sites for hydroxylation is 1. The van der Waals surface area contributed by atoms with E-state index in [1.54, 1.807) is 0 Å². The zero-order valence-electron chi connectivity index (χ0n) is 25.3. The number of rotatable bonds is 13. The number of ether oxygens (including phenoxy) is 3. The second kappa shape index (κ2) is 15.3. The van der Waals surface area contributed by atoms with Gasteiger partial charge in [-0.3, -0.25) is 4.79 Å². The Kier molecular flexibility index (Phi) is 10.8. The SMILES string of the molecule is CC(=O)NCSC[C@H](NC(=O)OCC1c2ccccc2-c2ccccc21)C(=O)OCc1ccc(OCc2ccc(C)cc2)cc1. The van der Waals surface area contributed by atoms with Crippen LogP contribution in [0.3, 0.4) is 0 Å². The van der Waals surface area contributed by atoms with Gasteiger partial charge < -0.3 is 24.8 Å². The summed E-state index contributed by atoms with van der Waals surface area (Å²) in [4.78, 5) is 37.3. The zero-order valence-corrected chi connectivity index (χ0v) is 26.1. The molecule has 5 rings (SSSR count). The standard InChI is InChI=1S/C36H36N2O6S/c1-24-11-13-26(14-12-24)19-42-28-17-15-27(16-18-28)20-43-35(40)34(22-45-23-37-25(2)39)38-36(41)44-21-33-31-9-5-3-7-29(31)30-8-4-6-10-32(30)33/h3-18,33-34H,19-23H2,1-2H3,(H,37,39)(H,38,41)/t34-/m0/s1. The quantitative estimate of drug-likeness (QED) is 0.102. The summed E-state index contributed by atoms with van der Waals surface area (Å²) in [7, 11) is 0. The van der Waals surface area contributed by atoms with Crippen LogP contribution < -0.4 is 15.4 Å². The Morgan fingerprint density at radius 2 is 1.38 bits per heavy atom. The van der Waals surface area contributed by atoms with Crippen LogP contribution in [0.2, 0.25) is 0 Å². The molecular formula is C36H36N2O6S. The summed E-state index contributed by atoms with van der Waals surface area (Å²) in [6.07, 6.45) is -0.714. The number of nitrogens with one attached hydrogen (secondary N) is 2. The highest BCUT2D eigenvalue weighted by Crippen LogP contribution is 2.44. The molecule has 1 atom stereocenters. The highest BCUT2D eigenvalue weighted by Gasteiger charge is 2.30. The van der Waals surface area contributed by atoms with Crippen molar-refractivity contribution in [3.8, 4) is 16.9 Å². The molecule has 4 aromatic rings. The van der Waals surface area contributed by atoms with Gasteiger partial charge in [-0.2, -0.15) is 0 Å². The Balaban J connectivity index is 1.15. The summed E-state index contributed by atoms with van der Waals surface area (Å²) in [6.45, 7) is 4.06. The van der Waals surface area contributed by atoms with Gasteiger partial charge in [-0.05, 0) is 52.4 Å². The third kappa shape index (κ3) is 8.67. The molecule has 9 heteroatoms. The topological polar surface area (TPSA) is 103 Å². The van der Waals surface area contributed by atoms with Crippen LogP contribution in [0, 0.1) is 6.92 Å². The van der Waals surface area contributed by atoms with Crippen molar-refractivity contribution in [1.29, 1.82) is 0 Å². The first-order valence-electron chi connectivity index (χ1n) is 14.7. The molecule has 0 aliphatic heterocycles. The van der Waals surface area contributed by atoms with Crippen molar-refractivity contribution in [2.45, 2.75) is 39.0 Å². The highest BCUT2D eigenvalue weighted by atomic mass is 32.2. The summed E-state index contributed by atoms with van der Waals surface area (Å²) in [6, 6.07) is 30.7. The first-order valence-corrected chi connectivity index (χ1v) is 15.9. The maximum Gasteiger partial charge on any atom is 0.407 e. The molecule has 2 amide bonds. The second-order valence-corrected chi connectivity index (χ2v) is 11.8. The van der Waals surface area contributed by atoms with Gasteiger partial charge >= 0.3 is 12.1 Å². The largest absolute Gasteiger partial charge is 0.489 e. The first-order chi connectivity index (χ1) is 21.9. The number of benzene rings is 4. The van der Waals surface area contributed by atoms with E-state index in [0.717, 1.165) is 33.4 Å². The van der Waals surface area contributed by atoms with E-state index in [4.69, 9.17) is 14.2 Å². The van der Waals surface area contributed by atoms with Crippen LogP contribution in [0.15, 0.2) is 97.1 Å². The molecule has 1 aliphatic carbocycles. The van der Waals surface area contributed by atoms with Crippen molar-refractivity contribution in [3.05, 3.63) is 125 Å². The zero-order chi connectivity index (χ0) is 31.6. The number of hydrogen-bond acceptors (Lipinski definition) is 7. The average molecular weight is 625 g/mol. The second-order valence-electron chi connectivity index (χ2n) is 10.8. The van der Waals surface area contributed by atoms with Gasteiger partial charge in [0, 0.05) is 18.6 Å². The van der Waals surface area contributed by atoms with Gasteiger partial charge in [0.2, 0.25) is 5.91 Å². The van der Waals surface area contributed by atoms with E-state index in [9.17, 15) is 14.4 Å². The molecule has 0 spiro atoms. The van der Waals surface area contributed by atoms with Gasteiger partial charge in [-0.25, -0.2) is 9.59 Å². The maximum absolute atomic E-state index is 13.1. The normalized spacial score (nSPS) is 12.4.